The first-order valence-electron chi connectivity index (χ1n) is 6.77. The molecule has 0 aromatic heterocycles. The second-order valence-corrected chi connectivity index (χ2v) is 53.7. The molecule has 0 atom stereocenters. The van der Waals surface area contributed by atoms with Gasteiger partial charge in [0.25, 0.3) is 5.95 Å². The first kappa shape index (κ1) is 16.3. The maximum atomic E-state index is 6.61. The van der Waals surface area contributed by atoms with Crippen LogP contribution in [0.2, 0.25) is 45.8 Å². The zero-order chi connectivity index (χ0) is 14.6. The molecule has 6 heteroatoms. The van der Waals surface area contributed by atoms with E-state index in [1.165, 1.54) is 5.57 Å². The number of ether oxygens (including phenoxy) is 1. The van der Waals surface area contributed by atoms with Crippen LogP contribution in [0.1, 0.15) is 13.8 Å². The standard InChI is InChI=1S/C12H30O2Si4/c1-11(2)12(13-3)14-18(10)16(6,7)15(4,5)17(18,8)9/h1-10H3. The van der Waals surface area contributed by atoms with Crippen LogP contribution in [0.5, 0.6) is 0 Å². The van der Waals surface area contributed by atoms with Crippen LogP contribution in [0.3, 0.4) is 0 Å². The molecule has 1 aliphatic heterocycles. The lowest BCUT2D eigenvalue weighted by atomic mass is 10.4. The quantitative estimate of drug-likeness (QED) is 0.580. The average Bonchev–Trinajstić information content (AvgIpc) is 2.23. The number of hydrogen-bond acceptors (Lipinski definition) is 2. The van der Waals surface area contributed by atoms with E-state index in [4.69, 9.17) is 9.16 Å². The van der Waals surface area contributed by atoms with Crippen molar-refractivity contribution < 1.29 is 9.16 Å². The summed E-state index contributed by atoms with van der Waals surface area (Å²) in [6.07, 6.45) is 0. The molecule has 0 aromatic carbocycles. The molecule has 2 nitrogen and oxygen atoms in total. The molecule has 0 saturated carbocycles. The van der Waals surface area contributed by atoms with Crippen molar-refractivity contribution in [1.29, 1.82) is 0 Å². The predicted octanol–water partition coefficient (Wildman–Crippen LogP) is 3.93. The van der Waals surface area contributed by atoms with Crippen LogP contribution >= 0.6 is 0 Å². The van der Waals surface area contributed by atoms with Gasteiger partial charge in [0, 0.05) is 12.7 Å². The topological polar surface area (TPSA) is 18.5 Å². The molecule has 1 aliphatic rings. The lowest BCUT2D eigenvalue weighted by Gasteiger charge is -2.71. The van der Waals surface area contributed by atoms with E-state index in [0.29, 0.717) is 0 Å². The third-order valence-corrected chi connectivity index (χ3v) is 103. The fraction of sp³-hybridized carbons (Fsp3) is 0.833. The van der Waals surface area contributed by atoms with Crippen molar-refractivity contribution in [3.63, 3.8) is 0 Å². The SMILES string of the molecule is COC(O[Si]1(C)[Si](C)(C)[Si](C)(C)[Si]1(C)C)=C(C)C. The Hall–Kier alpha value is 0.208. The van der Waals surface area contributed by atoms with Gasteiger partial charge in [-0.1, -0.05) is 39.3 Å². The molecule has 1 saturated heterocycles. The van der Waals surface area contributed by atoms with Crippen LogP contribution in [-0.4, -0.2) is 35.8 Å². The smallest absolute Gasteiger partial charge is 0.263 e. The molecule has 0 spiro atoms. The lowest BCUT2D eigenvalue weighted by molar-refractivity contribution is 0.146. The monoisotopic (exact) mass is 318 g/mol. The Kier molecular flexibility index (Phi) is 3.94. The highest BCUT2D eigenvalue weighted by atomic mass is 30.2. The highest BCUT2D eigenvalue weighted by Crippen LogP contribution is 2.52. The van der Waals surface area contributed by atoms with Crippen LogP contribution in [0.25, 0.3) is 0 Å². The van der Waals surface area contributed by atoms with Gasteiger partial charge in [-0.2, -0.15) is 0 Å². The molecule has 0 amide bonds. The minimum atomic E-state index is -1.58. The van der Waals surface area contributed by atoms with Crippen LogP contribution in [-0.2, 0) is 9.16 Å². The zero-order valence-corrected chi connectivity index (χ0v) is 17.8. The van der Waals surface area contributed by atoms with Crippen molar-refractivity contribution >= 4 is 28.7 Å². The Balaban J connectivity index is 3.19. The van der Waals surface area contributed by atoms with E-state index in [0.717, 1.165) is 5.95 Å². The van der Waals surface area contributed by atoms with Gasteiger partial charge in [0.05, 0.1) is 21.3 Å². The summed E-state index contributed by atoms with van der Waals surface area (Å²) in [4.78, 5) is 0. The molecule has 1 heterocycles. The van der Waals surface area contributed by atoms with E-state index in [2.05, 4.69) is 59.7 Å². The van der Waals surface area contributed by atoms with Gasteiger partial charge in [0.2, 0.25) is 7.35 Å². The van der Waals surface area contributed by atoms with Crippen LogP contribution in [0, 0.1) is 0 Å². The Bertz CT molecular complexity index is 364. The van der Waals surface area contributed by atoms with Crippen LogP contribution < -0.4 is 0 Å². The second kappa shape index (κ2) is 4.36. The third-order valence-electron chi connectivity index (χ3n) is 6.40. The van der Waals surface area contributed by atoms with Crippen molar-refractivity contribution in [2.45, 2.75) is 59.7 Å². The Morgan fingerprint density at radius 2 is 1.11 bits per heavy atom. The third kappa shape index (κ3) is 1.68. The molecule has 0 aliphatic carbocycles. The van der Waals surface area contributed by atoms with E-state index in [9.17, 15) is 0 Å². The van der Waals surface area contributed by atoms with Gasteiger partial charge in [-0.15, -0.1) is 0 Å². The van der Waals surface area contributed by atoms with Gasteiger partial charge >= 0.3 is 0 Å². The fourth-order valence-electron chi connectivity index (χ4n) is 3.48. The second-order valence-electron chi connectivity index (χ2n) is 7.50. The summed E-state index contributed by atoms with van der Waals surface area (Å²) >= 11 is 0. The largest absolute Gasteiger partial charge is 0.525 e. The van der Waals surface area contributed by atoms with E-state index < -0.39 is 28.7 Å². The molecule has 1 fully saturated rings. The summed E-state index contributed by atoms with van der Waals surface area (Å²) < 4.78 is 12.1. The van der Waals surface area contributed by atoms with Crippen molar-refractivity contribution in [3.05, 3.63) is 11.5 Å². The molecule has 18 heavy (non-hydrogen) atoms. The Labute approximate surface area is 116 Å². The fourth-order valence-corrected chi connectivity index (χ4v) is 131. The summed E-state index contributed by atoms with van der Waals surface area (Å²) in [5, 5.41) is 0. The van der Waals surface area contributed by atoms with Gasteiger partial charge in [0.15, 0.2) is 0 Å². The van der Waals surface area contributed by atoms with Crippen molar-refractivity contribution in [3.8, 4) is 0 Å². The Morgan fingerprint density at radius 1 is 0.722 bits per heavy atom. The van der Waals surface area contributed by atoms with Gasteiger partial charge in [-0.05, 0) is 20.4 Å². The molecular formula is C12H30O2Si4. The van der Waals surface area contributed by atoms with E-state index in [1.807, 2.05) is 0 Å². The zero-order valence-electron chi connectivity index (χ0n) is 13.8. The minimum Gasteiger partial charge on any atom is -0.525 e. The van der Waals surface area contributed by atoms with E-state index >= 15 is 0 Å². The normalized spacial score (nSPS) is 25.9. The van der Waals surface area contributed by atoms with Crippen molar-refractivity contribution in [2.24, 2.45) is 0 Å². The van der Waals surface area contributed by atoms with Gasteiger partial charge in [0.1, 0.15) is 0 Å². The summed E-state index contributed by atoms with van der Waals surface area (Å²) in [7, 11) is -3.23. The maximum absolute atomic E-state index is 6.61. The average molecular weight is 319 g/mol. The summed E-state index contributed by atoms with van der Waals surface area (Å²) in [5.41, 5.74) is 1.17. The van der Waals surface area contributed by atoms with Crippen molar-refractivity contribution in [1.82, 2.24) is 0 Å². The molecule has 0 radical (unpaired) electrons. The van der Waals surface area contributed by atoms with E-state index in [1.54, 1.807) is 7.11 Å². The molecule has 1 rings (SSSR count). The van der Waals surface area contributed by atoms with Gasteiger partial charge < -0.3 is 9.16 Å². The number of methoxy groups -OCH3 is 1. The molecule has 0 bridgehead atoms. The predicted molar refractivity (Wildman–Crippen MR) is 90.5 cm³/mol. The first-order chi connectivity index (χ1) is 7.87. The van der Waals surface area contributed by atoms with Crippen molar-refractivity contribution in [2.75, 3.05) is 7.11 Å². The number of rotatable bonds is 3. The molecular weight excluding hydrogens is 288 g/mol. The Morgan fingerprint density at radius 3 is 1.39 bits per heavy atom. The summed E-state index contributed by atoms with van der Waals surface area (Å²) in [5.74, 6) is 0.815. The number of allylic oxidation sites excluding steroid dienone is 1. The van der Waals surface area contributed by atoms with Crippen LogP contribution in [0.15, 0.2) is 11.5 Å². The highest BCUT2D eigenvalue weighted by molar-refractivity contribution is 8.12. The number of hydrogen-bond donors (Lipinski definition) is 0. The lowest BCUT2D eigenvalue weighted by Crippen LogP contribution is -3.02. The van der Waals surface area contributed by atoms with E-state index in [-0.39, 0.29) is 0 Å². The molecule has 0 N–H and O–H groups in total. The van der Waals surface area contributed by atoms with Gasteiger partial charge in [-0.25, -0.2) is 0 Å². The highest BCUT2D eigenvalue weighted by Gasteiger charge is 2.81. The van der Waals surface area contributed by atoms with Gasteiger partial charge in [-0.3, -0.25) is 0 Å². The maximum Gasteiger partial charge on any atom is 0.263 e. The minimum absolute atomic E-state index is 0.815. The summed E-state index contributed by atoms with van der Waals surface area (Å²) in [6.45, 7) is 22.3. The molecule has 0 aromatic rings. The molecule has 0 unspecified atom stereocenters. The van der Waals surface area contributed by atoms with Crippen LogP contribution in [0.4, 0.5) is 0 Å². The molecule has 106 valence electrons. The first-order valence-corrected chi connectivity index (χ1v) is 22.2. The summed E-state index contributed by atoms with van der Waals surface area (Å²) in [6, 6.07) is 0.